The van der Waals surface area contributed by atoms with Crippen LogP contribution in [0.15, 0.2) is 41.8 Å². The zero-order valence-electron chi connectivity index (χ0n) is 10.8. The number of ether oxygens (including phenoxy) is 1. The lowest BCUT2D eigenvalue weighted by atomic mass is 10.1. The number of hydrogen-bond donors (Lipinski definition) is 1. The first-order valence-electron chi connectivity index (χ1n) is 6.20. The number of rotatable bonds is 6. The van der Waals surface area contributed by atoms with Crippen molar-refractivity contribution >= 4 is 11.3 Å². The predicted molar refractivity (Wildman–Crippen MR) is 77.4 cm³/mol. The van der Waals surface area contributed by atoms with Crippen LogP contribution in [0.3, 0.4) is 0 Å². The van der Waals surface area contributed by atoms with Crippen LogP contribution in [0, 0.1) is 0 Å². The maximum atomic E-state index is 5.35. The third-order valence-electron chi connectivity index (χ3n) is 3.01. The lowest BCUT2D eigenvalue weighted by Crippen LogP contribution is -2.20. The van der Waals surface area contributed by atoms with Gasteiger partial charge in [-0.15, -0.1) is 11.3 Å². The molecule has 1 aromatic carbocycles. The Morgan fingerprint density at radius 2 is 2.06 bits per heavy atom. The average molecular weight is 261 g/mol. The number of benzene rings is 1. The van der Waals surface area contributed by atoms with E-state index in [4.69, 9.17) is 4.74 Å². The van der Waals surface area contributed by atoms with Crippen molar-refractivity contribution in [2.24, 2.45) is 0 Å². The standard InChI is InChI=1S/C15H19NOS/c1-12(15-8-5-11-18-15)16-10-9-13-6-3-4-7-14(13)17-2/h3-8,11-12,16H,9-10H2,1-2H3. The minimum absolute atomic E-state index is 0.416. The van der Waals surface area contributed by atoms with E-state index in [9.17, 15) is 0 Å². The summed E-state index contributed by atoms with van der Waals surface area (Å²) in [7, 11) is 1.72. The normalized spacial score (nSPS) is 12.3. The molecule has 0 fully saturated rings. The second kappa shape index (κ2) is 6.57. The van der Waals surface area contributed by atoms with Crippen LogP contribution in [0.25, 0.3) is 0 Å². The molecule has 1 aromatic heterocycles. The number of methoxy groups -OCH3 is 1. The van der Waals surface area contributed by atoms with Crippen molar-refractivity contribution in [3.8, 4) is 5.75 Å². The summed E-state index contributed by atoms with van der Waals surface area (Å²) in [5, 5.41) is 5.66. The molecular formula is C15H19NOS. The Balaban J connectivity index is 1.85. The summed E-state index contributed by atoms with van der Waals surface area (Å²) in [5.41, 5.74) is 1.26. The molecule has 96 valence electrons. The SMILES string of the molecule is COc1ccccc1CCNC(C)c1cccs1. The number of hydrogen-bond acceptors (Lipinski definition) is 3. The van der Waals surface area contributed by atoms with Crippen LogP contribution < -0.4 is 10.1 Å². The zero-order valence-corrected chi connectivity index (χ0v) is 11.7. The maximum absolute atomic E-state index is 5.35. The summed E-state index contributed by atoms with van der Waals surface area (Å²) >= 11 is 1.80. The molecule has 0 aliphatic rings. The van der Waals surface area contributed by atoms with Gasteiger partial charge in [-0.05, 0) is 43.0 Å². The van der Waals surface area contributed by atoms with Gasteiger partial charge < -0.3 is 10.1 Å². The average Bonchev–Trinajstić information content (AvgIpc) is 2.93. The molecular weight excluding hydrogens is 242 g/mol. The largest absolute Gasteiger partial charge is 0.496 e. The van der Waals surface area contributed by atoms with E-state index in [1.807, 2.05) is 12.1 Å². The van der Waals surface area contributed by atoms with E-state index < -0.39 is 0 Å². The van der Waals surface area contributed by atoms with E-state index in [0.29, 0.717) is 6.04 Å². The molecule has 0 aliphatic heterocycles. The Morgan fingerprint density at radius 1 is 1.22 bits per heavy atom. The van der Waals surface area contributed by atoms with Crippen LogP contribution in [0.1, 0.15) is 23.4 Å². The van der Waals surface area contributed by atoms with Gasteiger partial charge in [-0.3, -0.25) is 0 Å². The molecule has 0 amide bonds. The second-order valence-electron chi connectivity index (χ2n) is 4.25. The highest BCUT2D eigenvalue weighted by Gasteiger charge is 2.06. The number of thiophene rings is 1. The predicted octanol–water partition coefficient (Wildman–Crippen LogP) is 3.65. The van der Waals surface area contributed by atoms with Crippen molar-refractivity contribution in [2.45, 2.75) is 19.4 Å². The fraction of sp³-hybridized carbons (Fsp3) is 0.333. The third kappa shape index (κ3) is 3.34. The Labute approximate surface area is 113 Å². The summed E-state index contributed by atoms with van der Waals surface area (Å²) in [6.45, 7) is 3.16. The molecule has 2 rings (SSSR count). The topological polar surface area (TPSA) is 21.3 Å². The second-order valence-corrected chi connectivity index (χ2v) is 5.23. The Hall–Kier alpha value is -1.32. The molecule has 18 heavy (non-hydrogen) atoms. The third-order valence-corrected chi connectivity index (χ3v) is 4.06. The van der Waals surface area contributed by atoms with Gasteiger partial charge >= 0.3 is 0 Å². The van der Waals surface area contributed by atoms with Gasteiger partial charge in [0.25, 0.3) is 0 Å². The quantitative estimate of drug-likeness (QED) is 0.857. The minimum Gasteiger partial charge on any atom is -0.496 e. The first-order chi connectivity index (χ1) is 8.81. The smallest absolute Gasteiger partial charge is 0.122 e. The summed E-state index contributed by atoms with van der Waals surface area (Å²) in [4.78, 5) is 1.38. The van der Waals surface area contributed by atoms with E-state index in [0.717, 1.165) is 18.7 Å². The lowest BCUT2D eigenvalue weighted by molar-refractivity contribution is 0.408. The highest BCUT2D eigenvalue weighted by molar-refractivity contribution is 7.10. The van der Waals surface area contributed by atoms with Gasteiger partial charge in [0.2, 0.25) is 0 Å². The van der Waals surface area contributed by atoms with Gasteiger partial charge in [0.1, 0.15) is 5.75 Å². The van der Waals surface area contributed by atoms with Gasteiger partial charge in [0.05, 0.1) is 7.11 Å². The van der Waals surface area contributed by atoms with Gasteiger partial charge in [-0.1, -0.05) is 24.3 Å². The fourth-order valence-electron chi connectivity index (χ4n) is 1.97. The molecule has 0 saturated heterocycles. The molecule has 1 heterocycles. The Bertz CT molecular complexity index is 467. The van der Waals surface area contributed by atoms with Crippen LogP contribution in [0.4, 0.5) is 0 Å². The van der Waals surface area contributed by atoms with E-state index in [2.05, 4.69) is 41.9 Å². The van der Waals surface area contributed by atoms with Crippen molar-refractivity contribution < 1.29 is 4.74 Å². The number of para-hydroxylation sites is 1. The number of nitrogens with one attached hydrogen (secondary N) is 1. The van der Waals surface area contributed by atoms with E-state index in [1.54, 1.807) is 18.4 Å². The molecule has 3 heteroatoms. The molecule has 0 saturated carbocycles. The molecule has 0 bridgehead atoms. The molecule has 2 aromatic rings. The van der Waals surface area contributed by atoms with Gasteiger partial charge in [0.15, 0.2) is 0 Å². The summed E-state index contributed by atoms with van der Waals surface area (Å²) in [6, 6.07) is 12.9. The van der Waals surface area contributed by atoms with Gasteiger partial charge in [0, 0.05) is 10.9 Å². The fourth-order valence-corrected chi connectivity index (χ4v) is 2.73. The van der Waals surface area contributed by atoms with Crippen molar-refractivity contribution in [3.05, 3.63) is 52.2 Å². The Morgan fingerprint density at radius 3 is 2.78 bits per heavy atom. The van der Waals surface area contributed by atoms with Crippen molar-refractivity contribution in [1.29, 1.82) is 0 Å². The van der Waals surface area contributed by atoms with E-state index in [-0.39, 0.29) is 0 Å². The van der Waals surface area contributed by atoms with Crippen LogP contribution in [0.5, 0.6) is 5.75 Å². The van der Waals surface area contributed by atoms with E-state index in [1.165, 1.54) is 10.4 Å². The van der Waals surface area contributed by atoms with Gasteiger partial charge in [-0.2, -0.15) is 0 Å². The first-order valence-corrected chi connectivity index (χ1v) is 7.08. The van der Waals surface area contributed by atoms with Crippen LogP contribution in [0.2, 0.25) is 0 Å². The van der Waals surface area contributed by atoms with Crippen molar-refractivity contribution in [2.75, 3.05) is 13.7 Å². The maximum Gasteiger partial charge on any atom is 0.122 e. The molecule has 0 aliphatic carbocycles. The summed E-state index contributed by atoms with van der Waals surface area (Å²) in [6.07, 6.45) is 0.986. The van der Waals surface area contributed by atoms with Crippen LogP contribution in [-0.2, 0) is 6.42 Å². The van der Waals surface area contributed by atoms with Gasteiger partial charge in [-0.25, -0.2) is 0 Å². The molecule has 1 atom stereocenters. The highest BCUT2D eigenvalue weighted by atomic mass is 32.1. The zero-order chi connectivity index (χ0) is 12.8. The lowest BCUT2D eigenvalue weighted by Gasteiger charge is -2.13. The molecule has 0 spiro atoms. The molecule has 0 radical (unpaired) electrons. The molecule has 2 nitrogen and oxygen atoms in total. The minimum atomic E-state index is 0.416. The van der Waals surface area contributed by atoms with Crippen molar-refractivity contribution in [1.82, 2.24) is 5.32 Å². The summed E-state index contributed by atoms with van der Waals surface area (Å²) in [5.74, 6) is 0.975. The monoisotopic (exact) mass is 261 g/mol. The highest BCUT2D eigenvalue weighted by Crippen LogP contribution is 2.20. The van der Waals surface area contributed by atoms with Crippen molar-refractivity contribution in [3.63, 3.8) is 0 Å². The first kappa shape index (κ1) is 13.1. The molecule has 1 unspecified atom stereocenters. The van der Waals surface area contributed by atoms with Crippen LogP contribution >= 0.6 is 11.3 Å². The van der Waals surface area contributed by atoms with Crippen LogP contribution in [-0.4, -0.2) is 13.7 Å². The Kier molecular flexibility index (Phi) is 4.79. The summed E-state index contributed by atoms with van der Waals surface area (Å²) < 4.78 is 5.35. The van der Waals surface area contributed by atoms with E-state index >= 15 is 0 Å². The molecule has 1 N–H and O–H groups in total.